The predicted molar refractivity (Wildman–Crippen MR) is 105 cm³/mol. The van der Waals surface area contributed by atoms with Crippen molar-refractivity contribution in [2.45, 2.75) is 19.1 Å². The molecule has 1 unspecified atom stereocenters. The van der Waals surface area contributed by atoms with Gasteiger partial charge in [0.1, 0.15) is 6.10 Å². The first kappa shape index (κ1) is 17.5. The molecule has 1 aliphatic heterocycles. The predicted octanol–water partition coefficient (Wildman–Crippen LogP) is 4.11. The van der Waals surface area contributed by atoms with Crippen LogP contribution in [-0.2, 0) is 6.54 Å². The molecule has 0 radical (unpaired) electrons. The highest BCUT2D eigenvalue weighted by molar-refractivity contribution is 5.60. The Balaban J connectivity index is 1.69. The molecule has 138 valence electrons. The van der Waals surface area contributed by atoms with E-state index in [2.05, 4.69) is 40.3 Å². The first-order chi connectivity index (χ1) is 13.2. The van der Waals surface area contributed by atoms with Gasteiger partial charge in [0, 0.05) is 31.3 Å². The highest BCUT2D eigenvalue weighted by Gasteiger charge is 2.24. The summed E-state index contributed by atoms with van der Waals surface area (Å²) in [5, 5.41) is 8.24. The Labute approximate surface area is 159 Å². The molecule has 0 fully saturated rings. The van der Waals surface area contributed by atoms with Crippen LogP contribution in [0.4, 0.5) is 0 Å². The second-order valence-electron chi connectivity index (χ2n) is 6.81. The Kier molecular flexibility index (Phi) is 5.03. The van der Waals surface area contributed by atoms with Crippen molar-refractivity contribution >= 4 is 0 Å². The Bertz CT molecular complexity index is 914. The number of aromatic nitrogens is 2. The van der Waals surface area contributed by atoms with Gasteiger partial charge in [-0.2, -0.15) is 10.2 Å². The molecule has 2 heterocycles. The van der Waals surface area contributed by atoms with Crippen LogP contribution < -0.4 is 9.47 Å². The van der Waals surface area contributed by atoms with Crippen molar-refractivity contribution in [1.82, 2.24) is 15.1 Å². The van der Waals surface area contributed by atoms with Crippen LogP contribution in [0.2, 0.25) is 0 Å². The molecule has 5 heteroatoms. The van der Waals surface area contributed by atoms with Crippen LogP contribution in [-0.4, -0.2) is 35.8 Å². The van der Waals surface area contributed by atoms with Gasteiger partial charge in [0.15, 0.2) is 11.5 Å². The lowest BCUT2D eigenvalue weighted by atomic mass is 9.97. The van der Waals surface area contributed by atoms with Gasteiger partial charge in [-0.05, 0) is 48.5 Å². The lowest BCUT2D eigenvalue weighted by Crippen LogP contribution is -2.18. The number of hydrogen-bond acceptors (Lipinski definition) is 5. The van der Waals surface area contributed by atoms with Gasteiger partial charge in [0.25, 0.3) is 0 Å². The fourth-order valence-electron chi connectivity index (χ4n) is 3.53. The number of fused-ring (bicyclic) bond motifs is 1. The summed E-state index contributed by atoms with van der Waals surface area (Å²) >= 11 is 0. The molecule has 3 aromatic rings. The zero-order chi connectivity index (χ0) is 18.6. The average Bonchev–Trinajstić information content (AvgIpc) is 2.87. The lowest BCUT2D eigenvalue weighted by molar-refractivity contribution is 0.176. The average molecular weight is 361 g/mol. The van der Waals surface area contributed by atoms with Crippen molar-refractivity contribution in [2.75, 3.05) is 20.7 Å². The fraction of sp³-hybridized carbons (Fsp3) is 0.273. The van der Waals surface area contributed by atoms with E-state index in [-0.39, 0.29) is 6.10 Å². The van der Waals surface area contributed by atoms with Crippen LogP contribution in [0.3, 0.4) is 0 Å². The number of para-hydroxylation sites is 2. The number of rotatable bonds is 4. The summed E-state index contributed by atoms with van der Waals surface area (Å²) in [6.45, 7) is 1.85. The third-order valence-corrected chi connectivity index (χ3v) is 4.91. The number of ether oxygens (including phenoxy) is 2. The molecule has 1 aliphatic rings. The van der Waals surface area contributed by atoms with E-state index in [0.717, 1.165) is 42.3 Å². The van der Waals surface area contributed by atoms with Crippen LogP contribution in [0, 0.1) is 0 Å². The van der Waals surface area contributed by atoms with Gasteiger partial charge in [-0.15, -0.1) is 0 Å². The molecule has 1 atom stereocenters. The second-order valence-corrected chi connectivity index (χ2v) is 6.81. The van der Waals surface area contributed by atoms with Gasteiger partial charge < -0.3 is 14.4 Å². The van der Waals surface area contributed by atoms with Crippen LogP contribution >= 0.6 is 0 Å². The van der Waals surface area contributed by atoms with Crippen molar-refractivity contribution in [3.05, 3.63) is 71.9 Å². The molecular formula is C22H23N3O2. The highest BCUT2D eigenvalue weighted by atomic mass is 16.5. The lowest BCUT2D eigenvalue weighted by Gasteiger charge is -2.21. The molecule has 0 N–H and O–H groups in total. The third kappa shape index (κ3) is 3.78. The maximum absolute atomic E-state index is 6.40. The maximum atomic E-state index is 6.40. The van der Waals surface area contributed by atoms with E-state index in [1.807, 2.05) is 36.4 Å². The molecule has 5 nitrogen and oxygen atoms in total. The molecule has 0 saturated heterocycles. The van der Waals surface area contributed by atoms with E-state index in [0.29, 0.717) is 0 Å². The van der Waals surface area contributed by atoms with Crippen molar-refractivity contribution in [2.24, 2.45) is 0 Å². The summed E-state index contributed by atoms with van der Waals surface area (Å²) in [6, 6.07) is 18.2. The summed E-state index contributed by atoms with van der Waals surface area (Å²) in [5.74, 6) is 1.53. The van der Waals surface area contributed by atoms with E-state index < -0.39 is 0 Å². The zero-order valence-corrected chi connectivity index (χ0v) is 15.6. The minimum Gasteiger partial charge on any atom is -0.493 e. The molecule has 0 aliphatic carbocycles. The van der Waals surface area contributed by atoms with Crippen molar-refractivity contribution in [3.8, 4) is 22.8 Å². The Morgan fingerprint density at radius 2 is 1.89 bits per heavy atom. The first-order valence-electron chi connectivity index (χ1n) is 9.13. The largest absolute Gasteiger partial charge is 0.493 e. The monoisotopic (exact) mass is 361 g/mol. The first-order valence-corrected chi connectivity index (χ1v) is 9.13. The fourth-order valence-corrected chi connectivity index (χ4v) is 3.53. The summed E-state index contributed by atoms with van der Waals surface area (Å²) in [7, 11) is 3.81. The number of methoxy groups -OCH3 is 1. The smallest absolute Gasteiger partial charge is 0.162 e. The summed E-state index contributed by atoms with van der Waals surface area (Å²) in [6.07, 6.45) is 2.60. The van der Waals surface area contributed by atoms with E-state index in [4.69, 9.17) is 9.47 Å². The van der Waals surface area contributed by atoms with Crippen LogP contribution in [0.15, 0.2) is 60.8 Å². The zero-order valence-electron chi connectivity index (χ0n) is 15.6. The maximum Gasteiger partial charge on any atom is 0.162 e. The number of benzene rings is 2. The molecule has 0 amide bonds. The molecule has 4 rings (SSSR count). The topological polar surface area (TPSA) is 47.5 Å². The minimum absolute atomic E-state index is 0.0165. The van der Waals surface area contributed by atoms with Gasteiger partial charge >= 0.3 is 0 Å². The van der Waals surface area contributed by atoms with E-state index >= 15 is 0 Å². The van der Waals surface area contributed by atoms with Crippen LogP contribution in [0.1, 0.15) is 23.7 Å². The number of hydrogen-bond donors (Lipinski definition) is 0. The number of nitrogens with zero attached hydrogens (tertiary/aromatic N) is 3. The Hall–Kier alpha value is -2.92. The van der Waals surface area contributed by atoms with Gasteiger partial charge in [0.05, 0.1) is 12.8 Å². The van der Waals surface area contributed by atoms with Crippen LogP contribution in [0.5, 0.6) is 11.5 Å². The molecule has 0 bridgehead atoms. The normalized spacial score (nSPS) is 17.0. The molecule has 0 saturated carbocycles. The molecule has 1 aromatic heterocycles. The molecule has 27 heavy (non-hydrogen) atoms. The van der Waals surface area contributed by atoms with Gasteiger partial charge in [0.2, 0.25) is 0 Å². The molecule has 2 aromatic carbocycles. The second kappa shape index (κ2) is 7.76. The van der Waals surface area contributed by atoms with E-state index in [1.54, 1.807) is 13.3 Å². The molecule has 0 spiro atoms. The van der Waals surface area contributed by atoms with Gasteiger partial charge in [-0.1, -0.05) is 24.3 Å². The highest BCUT2D eigenvalue weighted by Crippen LogP contribution is 2.36. The summed E-state index contributed by atoms with van der Waals surface area (Å²) in [5.41, 5.74) is 4.44. The van der Waals surface area contributed by atoms with E-state index in [1.165, 1.54) is 11.1 Å². The van der Waals surface area contributed by atoms with Gasteiger partial charge in [-0.25, -0.2) is 0 Å². The Morgan fingerprint density at radius 1 is 1.04 bits per heavy atom. The minimum atomic E-state index is -0.0165. The summed E-state index contributed by atoms with van der Waals surface area (Å²) < 4.78 is 11.9. The van der Waals surface area contributed by atoms with Crippen molar-refractivity contribution < 1.29 is 9.47 Å². The SMILES string of the molecule is COc1ccccc1OC1CCN(C)Cc2cc(-c3cccnn3)ccc21. The standard InChI is InChI=1S/C22H23N3O2/c1-25-13-11-20(27-22-8-4-3-7-21(22)26-2)18-10-9-16(14-17(18)15-25)19-6-5-12-23-24-19/h3-10,12,14,20H,11,13,15H2,1-2H3. The summed E-state index contributed by atoms with van der Waals surface area (Å²) in [4.78, 5) is 2.32. The van der Waals surface area contributed by atoms with E-state index in [9.17, 15) is 0 Å². The van der Waals surface area contributed by atoms with Gasteiger partial charge in [-0.3, -0.25) is 0 Å². The molecular weight excluding hydrogens is 338 g/mol. The van der Waals surface area contributed by atoms with Crippen LogP contribution in [0.25, 0.3) is 11.3 Å². The quantitative estimate of drug-likeness (QED) is 0.700. The van der Waals surface area contributed by atoms with Crippen molar-refractivity contribution in [1.29, 1.82) is 0 Å². The van der Waals surface area contributed by atoms with Crippen molar-refractivity contribution in [3.63, 3.8) is 0 Å². The third-order valence-electron chi connectivity index (χ3n) is 4.91. The Morgan fingerprint density at radius 3 is 2.67 bits per heavy atom.